The van der Waals surface area contributed by atoms with Gasteiger partial charge < -0.3 is 14.6 Å². The molecule has 0 saturated carbocycles. The van der Waals surface area contributed by atoms with E-state index in [1.54, 1.807) is 17.8 Å². The van der Waals surface area contributed by atoms with Gasteiger partial charge in [-0.05, 0) is 70.3 Å². The fourth-order valence-corrected chi connectivity index (χ4v) is 5.95. The molecule has 0 spiro atoms. The van der Waals surface area contributed by atoms with Crippen LogP contribution in [0.5, 0.6) is 5.75 Å². The monoisotopic (exact) mass is 530 g/mol. The molecule has 0 bridgehead atoms. The molecule has 1 aliphatic rings. The van der Waals surface area contributed by atoms with Crippen molar-refractivity contribution in [1.29, 1.82) is 0 Å². The van der Waals surface area contributed by atoms with E-state index in [2.05, 4.69) is 33.7 Å². The fourth-order valence-electron chi connectivity index (χ4n) is 4.87. The molecule has 202 valence electrons. The van der Waals surface area contributed by atoms with Crippen molar-refractivity contribution in [1.82, 2.24) is 29.4 Å². The molecule has 1 unspecified atom stereocenters. The highest BCUT2D eigenvalue weighted by atomic mass is 32.2. The van der Waals surface area contributed by atoms with Gasteiger partial charge in [-0.2, -0.15) is 5.10 Å². The summed E-state index contributed by atoms with van der Waals surface area (Å²) in [6.07, 6.45) is 6.39. The molecule has 2 aromatic heterocycles. The van der Waals surface area contributed by atoms with Crippen LogP contribution >= 0.6 is 0 Å². The minimum atomic E-state index is -3.77. The molecule has 0 radical (unpaired) electrons. The van der Waals surface area contributed by atoms with Crippen molar-refractivity contribution in [3.8, 4) is 17.1 Å². The van der Waals surface area contributed by atoms with Gasteiger partial charge in [0.05, 0.1) is 22.8 Å². The summed E-state index contributed by atoms with van der Waals surface area (Å²) in [5.74, 6) is 0.730. The summed E-state index contributed by atoms with van der Waals surface area (Å²) in [6, 6.07) is 5.09. The predicted molar refractivity (Wildman–Crippen MR) is 144 cm³/mol. The normalized spacial score (nSPS) is 16.6. The summed E-state index contributed by atoms with van der Waals surface area (Å²) < 4.78 is 36.6. The quantitative estimate of drug-likeness (QED) is 0.369. The van der Waals surface area contributed by atoms with Gasteiger partial charge in [0.1, 0.15) is 17.1 Å². The van der Waals surface area contributed by atoms with Crippen LogP contribution in [-0.2, 0) is 23.5 Å². The summed E-state index contributed by atoms with van der Waals surface area (Å²) in [7, 11) is 0.0397. The Morgan fingerprint density at radius 1 is 1.22 bits per heavy atom. The Morgan fingerprint density at radius 3 is 2.73 bits per heavy atom. The van der Waals surface area contributed by atoms with Crippen LogP contribution in [0.4, 0.5) is 0 Å². The maximum Gasteiger partial charge on any atom is 0.277 e. The Kier molecular flexibility index (Phi) is 8.66. The van der Waals surface area contributed by atoms with Crippen molar-refractivity contribution in [2.45, 2.75) is 69.7 Å². The van der Waals surface area contributed by atoms with E-state index in [0.717, 1.165) is 50.8 Å². The number of aromatic nitrogens is 4. The highest BCUT2D eigenvalue weighted by molar-refractivity contribution is 7.89. The van der Waals surface area contributed by atoms with Crippen molar-refractivity contribution in [2.24, 2.45) is 7.05 Å². The molecule has 0 aliphatic carbocycles. The zero-order chi connectivity index (χ0) is 26.6. The highest BCUT2D eigenvalue weighted by Crippen LogP contribution is 2.31. The fraction of sp³-hybridized carbons (Fsp3) is 0.577. The van der Waals surface area contributed by atoms with Gasteiger partial charge in [0.25, 0.3) is 5.56 Å². The maximum absolute atomic E-state index is 13.2. The summed E-state index contributed by atoms with van der Waals surface area (Å²) in [5.41, 5.74) is 1.78. The molecule has 1 atom stereocenters. The number of nitrogens with zero attached hydrogens (tertiary/aromatic N) is 4. The molecule has 1 aliphatic heterocycles. The number of rotatable bonds is 12. The van der Waals surface area contributed by atoms with E-state index in [1.807, 2.05) is 6.92 Å². The minimum Gasteiger partial charge on any atom is -0.493 e. The molecule has 10 nitrogen and oxygen atoms in total. The number of H-pyrrole nitrogens is 1. The summed E-state index contributed by atoms with van der Waals surface area (Å²) in [6.45, 7) is 5.95. The molecule has 0 amide bonds. The second-order valence-electron chi connectivity index (χ2n) is 9.76. The van der Waals surface area contributed by atoms with E-state index in [-0.39, 0.29) is 16.3 Å². The maximum atomic E-state index is 13.2. The number of sulfonamides is 1. The van der Waals surface area contributed by atoms with Crippen molar-refractivity contribution < 1.29 is 13.2 Å². The van der Waals surface area contributed by atoms with Crippen molar-refractivity contribution in [3.63, 3.8) is 0 Å². The van der Waals surface area contributed by atoms with Gasteiger partial charge in [0, 0.05) is 19.6 Å². The first-order valence-electron chi connectivity index (χ1n) is 13.2. The molecule has 11 heteroatoms. The topological polar surface area (TPSA) is 122 Å². The summed E-state index contributed by atoms with van der Waals surface area (Å²) in [4.78, 5) is 23.0. The van der Waals surface area contributed by atoms with Gasteiger partial charge in [-0.3, -0.25) is 9.48 Å². The molecule has 1 aromatic carbocycles. The third-order valence-corrected chi connectivity index (χ3v) is 8.41. The number of fused-ring (bicyclic) bond motifs is 1. The van der Waals surface area contributed by atoms with Crippen LogP contribution < -0.4 is 15.0 Å². The number of aryl methyl sites for hydroxylation is 2. The van der Waals surface area contributed by atoms with Gasteiger partial charge in [-0.1, -0.05) is 20.3 Å². The van der Waals surface area contributed by atoms with Crippen molar-refractivity contribution in [2.75, 3.05) is 26.7 Å². The average Bonchev–Trinajstić information content (AvgIpc) is 3.43. The van der Waals surface area contributed by atoms with E-state index in [1.165, 1.54) is 12.1 Å². The highest BCUT2D eigenvalue weighted by Gasteiger charge is 2.23. The van der Waals surface area contributed by atoms with Crippen LogP contribution in [0.15, 0.2) is 27.9 Å². The van der Waals surface area contributed by atoms with E-state index in [9.17, 15) is 13.2 Å². The first kappa shape index (κ1) is 27.3. The van der Waals surface area contributed by atoms with Crippen LogP contribution in [0.1, 0.15) is 58.1 Å². The third kappa shape index (κ3) is 6.05. The zero-order valence-corrected chi connectivity index (χ0v) is 23.0. The Hall–Kier alpha value is -2.76. The molecule has 3 heterocycles. The first-order valence-corrected chi connectivity index (χ1v) is 14.7. The van der Waals surface area contributed by atoms with Gasteiger partial charge in [0.2, 0.25) is 10.0 Å². The number of nitrogens with one attached hydrogen (secondary N) is 2. The zero-order valence-electron chi connectivity index (χ0n) is 22.2. The molecule has 37 heavy (non-hydrogen) atoms. The lowest BCUT2D eigenvalue weighted by molar-refractivity contribution is 0.297. The van der Waals surface area contributed by atoms with Crippen LogP contribution in [0.3, 0.4) is 0 Å². The molecule has 3 aromatic rings. The van der Waals surface area contributed by atoms with Crippen LogP contribution in [0, 0.1) is 0 Å². The smallest absolute Gasteiger partial charge is 0.277 e. The van der Waals surface area contributed by atoms with Crippen molar-refractivity contribution >= 4 is 21.1 Å². The van der Waals surface area contributed by atoms with E-state index in [4.69, 9.17) is 9.72 Å². The van der Waals surface area contributed by atoms with Gasteiger partial charge in [0.15, 0.2) is 5.52 Å². The van der Waals surface area contributed by atoms with Crippen LogP contribution in [-0.4, -0.2) is 65.9 Å². The lowest BCUT2D eigenvalue weighted by Crippen LogP contribution is -2.31. The number of benzene rings is 1. The minimum absolute atomic E-state index is 0.103. The Balaban J connectivity index is 1.70. The van der Waals surface area contributed by atoms with Gasteiger partial charge in [-0.25, -0.2) is 18.1 Å². The molecule has 1 saturated heterocycles. The Morgan fingerprint density at radius 2 is 2.03 bits per heavy atom. The second-order valence-corrected chi connectivity index (χ2v) is 11.5. The second kappa shape index (κ2) is 11.7. The number of unbranched alkanes of at least 4 members (excludes halogenated alkanes) is 1. The molecular weight excluding hydrogens is 492 g/mol. The predicted octanol–water partition coefficient (Wildman–Crippen LogP) is 3.22. The van der Waals surface area contributed by atoms with Crippen LogP contribution in [0.25, 0.3) is 22.4 Å². The third-order valence-electron chi connectivity index (χ3n) is 6.95. The standard InChI is InChI=1S/C26H38N6O4S/c1-5-7-10-21-23-24(32(4)30-21)26(33)29-25(28-23)20-17-19(11-12-22(20)36-16-6-2)37(34,35)27-14-13-18-9-8-15-31(18)3/h11-12,17-18,27H,5-10,13-16H2,1-4H3,(H,28,29,33). The number of hydrogen-bond acceptors (Lipinski definition) is 7. The Labute approximate surface area is 218 Å². The lowest BCUT2D eigenvalue weighted by Gasteiger charge is -2.19. The average molecular weight is 531 g/mol. The number of aromatic amines is 1. The Bertz CT molecular complexity index is 1400. The molecule has 1 fully saturated rings. The van der Waals surface area contributed by atoms with E-state index in [0.29, 0.717) is 48.0 Å². The lowest BCUT2D eigenvalue weighted by atomic mass is 10.1. The first-order chi connectivity index (χ1) is 17.7. The van der Waals surface area contributed by atoms with Gasteiger partial charge >= 0.3 is 0 Å². The van der Waals surface area contributed by atoms with E-state index < -0.39 is 10.0 Å². The molecule has 2 N–H and O–H groups in total. The number of hydrogen-bond donors (Lipinski definition) is 2. The van der Waals surface area contributed by atoms with Crippen molar-refractivity contribution in [3.05, 3.63) is 34.2 Å². The molecule has 4 rings (SSSR count). The SMILES string of the molecule is CCCCc1nn(C)c2c(=O)[nH]c(-c3cc(S(=O)(=O)NCCC4CCCN4C)ccc3OCCC)nc12. The summed E-state index contributed by atoms with van der Waals surface area (Å²) >= 11 is 0. The molecular formula is C26H38N6O4S. The summed E-state index contributed by atoms with van der Waals surface area (Å²) in [5, 5.41) is 4.52. The van der Waals surface area contributed by atoms with Crippen LogP contribution in [0.2, 0.25) is 0 Å². The van der Waals surface area contributed by atoms with E-state index >= 15 is 0 Å². The van der Waals surface area contributed by atoms with Gasteiger partial charge in [-0.15, -0.1) is 0 Å². The number of likely N-dealkylation sites (tertiary alicyclic amines) is 1. The largest absolute Gasteiger partial charge is 0.493 e. The number of ether oxygens (including phenoxy) is 1.